The summed E-state index contributed by atoms with van der Waals surface area (Å²) in [5, 5.41) is 3.77. The molecule has 1 radical (unpaired) electrons. The number of benzene rings is 3. The number of rotatable bonds is 0. The van der Waals surface area contributed by atoms with E-state index < -0.39 is 0 Å². The Labute approximate surface area is 256 Å². The van der Waals surface area contributed by atoms with Crippen LogP contribution < -0.4 is 17.4 Å². The molecule has 42 heavy (non-hydrogen) atoms. The summed E-state index contributed by atoms with van der Waals surface area (Å²) in [7, 11) is 0. The number of allylic oxidation sites excluding steroid dienone is 4. The van der Waals surface area contributed by atoms with Crippen LogP contribution in [0.4, 0.5) is 0 Å². The minimum Gasteiger partial charge on any atom is -1.00 e. The zero-order valence-corrected chi connectivity index (χ0v) is 23.4. The van der Waals surface area contributed by atoms with Gasteiger partial charge in [-0.3, -0.25) is 0 Å². The minimum absolute atomic E-state index is 0. The molecule has 3 aromatic carbocycles. The molecule has 9 rings (SSSR count). The van der Waals surface area contributed by atoms with Gasteiger partial charge in [0.05, 0.1) is 23.3 Å². The third-order valence-electron chi connectivity index (χ3n) is 7.75. The Morgan fingerprint density at radius 1 is 0.524 bits per heavy atom. The largest absolute Gasteiger partial charge is 2.00 e. The van der Waals surface area contributed by atoms with Crippen molar-refractivity contribution in [2.75, 3.05) is 0 Å². The second-order valence-electron chi connectivity index (χ2n) is 10.1. The second-order valence-corrected chi connectivity index (χ2v) is 10.1. The van der Waals surface area contributed by atoms with Crippen molar-refractivity contribution in [2.45, 2.75) is 11.8 Å². The Morgan fingerprint density at radius 2 is 1.02 bits per heavy atom. The molecule has 3 aliphatic rings. The van der Waals surface area contributed by atoms with E-state index in [2.05, 4.69) is 23.2 Å². The number of halogens is 1. The van der Waals surface area contributed by atoms with E-state index in [-0.39, 0.29) is 41.3 Å². The molecule has 2 aliphatic heterocycles. The van der Waals surface area contributed by atoms with E-state index >= 15 is 0 Å². The van der Waals surface area contributed by atoms with E-state index in [1.807, 2.05) is 78.9 Å². The number of hydrogen-bond donors (Lipinski definition) is 1. The van der Waals surface area contributed by atoms with Gasteiger partial charge in [0.15, 0.2) is 5.82 Å². The fourth-order valence-electron chi connectivity index (χ4n) is 5.84. The number of aromatic nitrogens is 8. The molecule has 0 amide bonds. The molecule has 3 aromatic heterocycles. The molecule has 2 atom stereocenters. The number of nitrogens with zero attached hydrogens (tertiary/aromatic N) is 7. The topological polar surface area (TPSA) is 107 Å². The van der Waals surface area contributed by atoms with E-state index in [9.17, 15) is 0 Å². The Balaban J connectivity index is 0.00000144. The van der Waals surface area contributed by atoms with Gasteiger partial charge >= 0.3 is 17.1 Å². The standard InChI is InChI=1S/C32H19N8.ClH.Cu/c1-2-10-18-17(9-1)25-33-26(18)38-28-21-13-5-6-14-22(21)30(35-28)40-32-24-16-8-7-15-23(24)31(36-32)39-29-20-12-4-3-11-19(20)27(34-29)37-25;;/h1-18H,(H-,33,34,35,36,37,38,39,40);1H;/q-1;;+2/p-1. The molecule has 205 valence electrons. The zero-order chi connectivity index (χ0) is 26.2. The molecule has 2 unspecified atom stereocenters. The quantitative estimate of drug-likeness (QED) is 0.262. The Morgan fingerprint density at radius 3 is 1.67 bits per heavy atom. The van der Waals surface area contributed by atoms with Crippen molar-refractivity contribution in [1.82, 2.24) is 39.9 Å². The first-order valence-corrected chi connectivity index (χ1v) is 13.2. The molecule has 1 aliphatic carbocycles. The van der Waals surface area contributed by atoms with Gasteiger partial charge in [0.1, 0.15) is 17.3 Å². The van der Waals surface area contributed by atoms with Crippen LogP contribution in [-0.4, -0.2) is 34.9 Å². The van der Waals surface area contributed by atoms with Crippen LogP contribution in [0.5, 0.6) is 0 Å². The number of fused-ring (bicyclic) bond motifs is 20. The van der Waals surface area contributed by atoms with Crippen LogP contribution in [0.1, 0.15) is 23.5 Å². The van der Waals surface area contributed by atoms with Crippen molar-refractivity contribution >= 4 is 44.1 Å². The van der Waals surface area contributed by atoms with Crippen LogP contribution >= 0.6 is 0 Å². The summed E-state index contributed by atoms with van der Waals surface area (Å²) in [6.45, 7) is 0. The van der Waals surface area contributed by atoms with E-state index in [1.165, 1.54) is 0 Å². The van der Waals surface area contributed by atoms with Gasteiger partial charge in [0.2, 0.25) is 0 Å². The summed E-state index contributed by atoms with van der Waals surface area (Å²) in [5.41, 5.74) is 4.41. The molecular formula is C32H19ClCuN8. The van der Waals surface area contributed by atoms with Gasteiger partial charge in [0, 0.05) is 33.2 Å². The maximum Gasteiger partial charge on any atom is 2.00 e. The van der Waals surface area contributed by atoms with E-state index in [0.29, 0.717) is 45.9 Å². The number of H-pyrrole nitrogens is 1. The van der Waals surface area contributed by atoms with Gasteiger partial charge in [-0.05, 0) is 10.8 Å². The van der Waals surface area contributed by atoms with Crippen molar-refractivity contribution < 1.29 is 29.5 Å². The molecule has 10 heteroatoms. The van der Waals surface area contributed by atoms with Crippen LogP contribution in [0.15, 0.2) is 97.1 Å². The van der Waals surface area contributed by atoms with Crippen molar-refractivity contribution in [2.24, 2.45) is 0 Å². The van der Waals surface area contributed by atoms with Gasteiger partial charge in [-0.1, -0.05) is 97.1 Å². The first-order valence-electron chi connectivity index (χ1n) is 13.2. The zero-order valence-electron chi connectivity index (χ0n) is 21.7. The summed E-state index contributed by atoms with van der Waals surface area (Å²) in [6.07, 6.45) is 8.36. The summed E-state index contributed by atoms with van der Waals surface area (Å²) in [5.74, 6) is 2.52. The SMILES string of the molecule is C1=CC2c3nc4nc(nc5[n-]c(nc6[nH]c(nc(n3)C2C=C1)c1ccccc61)c1ccccc51)-c1ccccc1-4.[Cl-].[Cu+2]. The molecular weight excluding hydrogens is 595 g/mol. The third-order valence-corrected chi connectivity index (χ3v) is 7.75. The average molecular weight is 615 g/mol. The van der Waals surface area contributed by atoms with Crippen molar-refractivity contribution in [3.05, 3.63) is 109 Å². The predicted molar refractivity (Wildman–Crippen MR) is 154 cm³/mol. The first kappa shape index (κ1) is 26.2. The van der Waals surface area contributed by atoms with Gasteiger partial charge in [-0.15, -0.1) is 0 Å². The van der Waals surface area contributed by atoms with E-state index in [1.54, 1.807) is 0 Å². The number of nitrogens with one attached hydrogen (secondary N) is 1. The Hall–Kier alpha value is -4.69. The summed E-state index contributed by atoms with van der Waals surface area (Å²) < 4.78 is 0. The van der Waals surface area contributed by atoms with Gasteiger partial charge in [-0.2, -0.15) is 0 Å². The summed E-state index contributed by atoms with van der Waals surface area (Å²) in [4.78, 5) is 38.3. The third kappa shape index (κ3) is 3.89. The minimum atomic E-state index is -0.0245. The van der Waals surface area contributed by atoms with Crippen LogP contribution in [-0.2, 0) is 17.1 Å². The van der Waals surface area contributed by atoms with E-state index in [4.69, 9.17) is 34.9 Å². The van der Waals surface area contributed by atoms with Gasteiger partial charge < -0.3 is 32.3 Å². The molecule has 0 saturated carbocycles. The molecule has 0 spiro atoms. The molecule has 8 nitrogen and oxygen atoms in total. The number of hydrogen-bond acceptors (Lipinski definition) is 6. The fourth-order valence-corrected chi connectivity index (χ4v) is 5.84. The maximum absolute atomic E-state index is 5.06. The Bertz CT molecular complexity index is 2270. The van der Waals surface area contributed by atoms with Crippen molar-refractivity contribution in [3.8, 4) is 22.8 Å². The van der Waals surface area contributed by atoms with E-state index in [0.717, 1.165) is 32.7 Å². The Kier molecular flexibility index (Phi) is 6.24. The average Bonchev–Trinajstić information content (AvgIpc) is 3.73. The second kappa shape index (κ2) is 9.99. The van der Waals surface area contributed by atoms with Crippen molar-refractivity contribution in [3.63, 3.8) is 0 Å². The maximum atomic E-state index is 5.06. The summed E-state index contributed by atoms with van der Waals surface area (Å²) >= 11 is 0. The summed E-state index contributed by atoms with van der Waals surface area (Å²) in [6, 6.07) is 24.2. The van der Waals surface area contributed by atoms with Gasteiger partial charge in [0.25, 0.3) is 0 Å². The normalized spacial score (nSPS) is 16.5. The predicted octanol–water partition coefficient (Wildman–Crippen LogP) is 3.16. The molecule has 0 saturated heterocycles. The first-order chi connectivity index (χ1) is 19.8. The molecule has 6 aromatic rings. The fraction of sp³-hybridized carbons (Fsp3) is 0.0625. The molecule has 8 bridgehead atoms. The molecule has 5 heterocycles. The van der Waals surface area contributed by atoms with Gasteiger partial charge in [-0.25, -0.2) is 19.9 Å². The molecule has 1 N–H and O–H groups in total. The van der Waals surface area contributed by atoms with Crippen LogP contribution in [0, 0.1) is 0 Å². The number of aromatic amines is 1. The smallest absolute Gasteiger partial charge is 1.00 e. The van der Waals surface area contributed by atoms with Crippen molar-refractivity contribution in [1.29, 1.82) is 0 Å². The van der Waals surface area contributed by atoms with Crippen LogP contribution in [0.3, 0.4) is 0 Å². The van der Waals surface area contributed by atoms with Crippen LogP contribution in [0.25, 0.3) is 66.9 Å². The van der Waals surface area contributed by atoms with Crippen LogP contribution in [0.2, 0.25) is 0 Å². The monoisotopic (exact) mass is 613 g/mol. The molecule has 0 fully saturated rings.